The van der Waals surface area contributed by atoms with Crippen molar-refractivity contribution >= 4 is 44.9 Å². The molecule has 2 aliphatic heterocycles. The summed E-state index contributed by atoms with van der Waals surface area (Å²) < 4.78 is 84.4. The molecule has 19 heteroatoms. The summed E-state index contributed by atoms with van der Waals surface area (Å²) in [6.45, 7) is 8.33. The molecule has 2 saturated carbocycles. The van der Waals surface area contributed by atoms with Crippen molar-refractivity contribution in [3.63, 3.8) is 0 Å². The van der Waals surface area contributed by atoms with Gasteiger partial charge in [0, 0.05) is 24.3 Å². The summed E-state index contributed by atoms with van der Waals surface area (Å²) in [6, 6.07) is 1.73. The van der Waals surface area contributed by atoms with Gasteiger partial charge in [0.25, 0.3) is 5.91 Å². The van der Waals surface area contributed by atoms with E-state index in [1.807, 2.05) is 26.8 Å². The summed E-state index contributed by atoms with van der Waals surface area (Å²) in [5, 5.41) is 12.6. The third kappa shape index (κ3) is 8.86. The smallest absolute Gasteiger partial charge is 0.411 e. The molecule has 0 radical (unpaired) electrons. The summed E-state index contributed by atoms with van der Waals surface area (Å²) in [5.41, 5.74) is -3.33. The second kappa shape index (κ2) is 16.6. The maximum absolute atomic E-state index is 15.2. The van der Waals surface area contributed by atoms with Gasteiger partial charge in [0.2, 0.25) is 27.7 Å². The van der Waals surface area contributed by atoms with Gasteiger partial charge in [-0.1, -0.05) is 46.3 Å². The number of hydrogen-bond acceptors (Lipinski definition) is 10. The minimum absolute atomic E-state index is 0.0540. The monoisotopic (exact) mass is 864 g/mol. The number of hydrogen-bond donors (Lipinski definition) is 3. The van der Waals surface area contributed by atoms with E-state index in [2.05, 4.69) is 10.0 Å². The van der Waals surface area contributed by atoms with Crippen LogP contribution in [0.2, 0.25) is 0 Å². The van der Waals surface area contributed by atoms with Crippen molar-refractivity contribution in [2.24, 2.45) is 17.8 Å². The highest BCUT2D eigenvalue weighted by atomic mass is 32.2. The minimum Gasteiger partial charge on any atom is -0.497 e. The summed E-state index contributed by atoms with van der Waals surface area (Å²) in [6.07, 6.45) is -2.63. The van der Waals surface area contributed by atoms with Gasteiger partial charge in [-0.3, -0.25) is 24.0 Å². The number of benzene rings is 1. The molecular weight excluding hydrogens is 810 g/mol. The van der Waals surface area contributed by atoms with Gasteiger partial charge >= 0.3 is 12.3 Å². The Kier molecular flexibility index (Phi) is 12.4. The maximum Gasteiger partial charge on any atom is 0.411 e. The summed E-state index contributed by atoms with van der Waals surface area (Å²) >= 11 is 0. The number of methoxy groups -OCH3 is 1. The quantitative estimate of drug-likeness (QED) is 0.248. The standard InChI is InChI=1S/C41H55F3N6O9S/c1-8-24-17-23(4)11-9-10-12-25-20-40(25,37(53)48-60(56,57)28-14-15-28)47-34(51)31-19-27(21-49(31)36(52)33(24)50(38(54)55)39(5,6)41(42,43)44)59-35-32(22(2)3)45-29-16-13-26(58-7)18-30(29)46-35/h10,12-13,16,18,22-25,27-28,31,33H,8-9,11,14-15,17,19-21H2,1-7H3,(H,47,51)(H,48,53)(H,54,55)/b12-10-/t23-,24-,25-,27-,31+,33+,40-/m1/s1. The van der Waals surface area contributed by atoms with Gasteiger partial charge in [0.1, 0.15) is 40.7 Å². The zero-order valence-corrected chi connectivity index (χ0v) is 35.7. The normalized spacial score (nSPS) is 28.5. The van der Waals surface area contributed by atoms with Gasteiger partial charge in [-0.15, -0.1) is 0 Å². The van der Waals surface area contributed by atoms with E-state index in [4.69, 9.17) is 19.4 Å². The Bertz CT molecular complexity index is 2150. The van der Waals surface area contributed by atoms with Gasteiger partial charge in [-0.25, -0.2) is 23.2 Å². The Labute approximate surface area is 347 Å². The Balaban J connectivity index is 1.45. The number of carbonyl (C=O) groups excluding carboxylic acids is 3. The van der Waals surface area contributed by atoms with Crippen LogP contribution in [0.1, 0.15) is 105 Å². The average Bonchev–Trinajstić information content (AvgIpc) is 4.09. The molecule has 1 aromatic carbocycles. The molecule has 6 rings (SSSR count). The third-order valence-electron chi connectivity index (χ3n) is 12.4. The number of carboxylic acid groups (broad SMARTS) is 1. The third-order valence-corrected chi connectivity index (χ3v) is 14.2. The lowest BCUT2D eigenvalue weighted by Crippen LogP contribution is -2.66. The number of fused-ring (bicyclic) bond motifs is 3. The van der Waals surface area contributed by atoms with E-state index < -0.39 is 86.4 Å². The molecule has 15 nitrogen and oxygen atoms in total. The van der Waals surface area contributed by atoms with E-state index in [-0.39, 0.29) is 54.8 Å². The number of halogens is 3. The Hall–Kier alpha value is -4.68. The van der Waals surface area contributed by atoms with Crippen LogP contribution in [0.25, 0.3) is 11.0 Å². The van der Waals surface area contributed by atoms with E-state index in [9.17, 15) is 41.1 Å². The zero-order valence-electron chi connectivity index (χ0n) is 34.9. The van der Waals surface area contributed by atoms with Crippen LogP contribution in [0, 0.1) is 17.8 Å². The number of rotatable bonds is 10. The second-order valence-corrected chi connectivity index (χ2v) is 19.5. The number of alkyl halides is 3. The van der Waals surface area contributed by atoms with E-state index in [0.717, 1.165) is 4.90 Å². The first kappa shape index (κ1) is 44.9. The van der Waals surface area contributed by atoms with Crippen LogP contribution in [0.3, 0.4) is 0 Å². The second-order valence-electron chi connectivity index (χ2n) is 17.5. The van der Waals surface area contributed by atoms with E-state index in [1.165, 1.54) is 7.11 Å². The van der Waals surface area contributed by atoms with Crippen molar-refractivity contribution in [2.75, 3.05) is 13.7 Å². The van der Waals surface area contributed by atoms with Gasteiger partial charge in [0.05, 0.1) is 29.9 Å². The van der Waals surface area contributed by atoms with Gasteiger partial charge < -0.3 is 24.8 Å². The molecule has 330 valence electrons. The Morgan fingerprint density at radius 1 is 1.12 bits per heavy atom. The first-order valence-corrected chi connectivity index (χ1v) is 22.1. The maximum atomic E-state index is 15.2. The highest BCUT2D eigenvalue weighted by Gasteiger charge is 2.63. The average molecular weight is 865 g/mol. The lowest BCUT2D eigenvalue weighted by molar-refractivity contribution is -0.222. The molecule has 3 heterocycles. The molecule has 0 bridgehead atoms. The van der Waals surface area contributed by atoms with Crippen molar-refractivity contribution < 1.29 is 55.3 Å². The molecular formula is C41H55F3N6O9S. The molecule has 2 aliphatic carbocycles. The predicted octanol–water partition coefficient (Wildman–Crippen LogP) is 5.69. The zero-order chi connectivity index (χ0) is 44.1. The summed E-state index contributed by atoms with van der Waals surface area (Å²) in [4.78, 5) is 67.5. The topological polar surface area (TPSA) is 197 Å². The van der Waals surface area contributed by atoms with Crippen LogP contribution in [-0.4, -0.2) is 111 Å². The molecule has 0 spiro atoms. The highest BCUT2D eigenvalue weighted by Crippen LogP contribution is 2.47. The molecule has 1 saturated heterocycles. The van der Waals surface area contributed by atoms with Crippen LogP contribution >= 0.6 is 0 Å². The number of ether oxygens (including phenoxy) is 2. The fourth-order valence-electron chi connectivity index (χ4n) is 8.45. The number of allylic oxidation sites excluding steroid dienone is 1. The SMILES string of the molecule is CC[C@@H]1C[C@H](C)CC/C=C\[C@@H]2C[C@@]2(C(=O)NS(=O)(=O)C2CC2)NC(=O)[C@@H]2C[C@@H](Oc3nc4cc(OC)ccc4nc3C(C)C)CN2C(=O)[C@H]1N(C(=O)O)C(C)(C)C(F)(F)F. The van der Waals surface area contributed by atoms with E-state index >= 15 is 4.79 Å². The molecule has 7 atom stereocenters. The molecule has 2 aromatic rings. The molecule has 1 aromatic heterocycles. The molecule has 4 aliphatic rings. The van der Waals surface area contributed by atoms with Crippen molar-refractivity contribution in [2.45, 2.75) is 140 Å². The highest BCUT2D eigenvalue weighted by molar-refractivity contribution is 7.91. The molecule has 60 heavy (non-hydrogen) atoms. The van der Waals surface area contributed by atoms with Crippen molar-refractivity contribution in [1.82, 2.24) is 29.8 Å². The Morgan fingerprint density at radius 3 is 2.42 bits per heavy atom. The summed E-state index contributed by atoms with van der Waals surface area (Å²) in [5.74, 6) is -4.17. The fourth-order valence-corrected chi connectivity index (χ4v) is 9.81. The number of amides is 4. The molecule has 3 fully saturated rings. The van der Waals surface area contributed by atoms with Crippen LogP contribution in [-0.2, 0) is 24.4 Å². The number of aromatic nitrogens is 2. The van der Waals surface area contributed by atoms with E-state index in [1.54, 1.807) is 31.2 Å². The van der Waals surface area contributed by atoms with Gasteiger partial charge in [0.15, 0.2) is 0 Å². The first-order chi connectivity index (χ1) is 28.0. The number of nitrogens with one attached hydrogen (secondary N) is 2. The van der Waals surface area contributed by atoms with Crippen LogP contribution in [0.4, 0.5) is 18.0 Å². The fraction of sp³-hybridized carbons (Fsp3) is 0.659. The van der Waals surface area contributed by atoms with Gasteiger partial charge in [-0.05, 0) is 76.3 Å². The number of sulfonamides is 1. The predicted molar refractivity (Wildman–Crippen MR) is 213 cm³/mol. The first-order valence-electron chi connectivity index (χ1n) is 20.5. The molecule has 3 N–H and O–H groups in total. The van der Waals surface area contributed by atoms with Gasteiger partial charge in [-0.2, -0.15) is 13.2 Å². The summed E-state index contributed by atoms with van der Waals surface area (Å²) in [7, 11) is -2.54. The number of carbonyl (C=O) groups is 4. The largest absolute Gasteiger partial charge is 0.497 e. The number of nitrogens with zero attached hydrogens (tertiary/aromatic N) is 4. The van der Waals surface area contributed by atoms with Crippen molar-refractivity contribution in [3.05, 3.63) is 36.0 Å². The Morgan fingerprint density at radius 2 is 1.82 bits per heavy atom. The van der Waals surface area contributed by atoms with Crippen molar-refractivity contribution in [1.29, 1.82) is 0 Å². The lowest BCUT2D eigenvalue weighted by Gasteiger charge is -2.46. The minimum atomic E-state index is -5.10. The van der Waals surface area contributed by atoms with Crippen LogP contribution in [0.15, 0.2) is 30.4 Å². The molecule has 0 unspecified atom stereocenters. The van der Waals surface area contributed by atoms with E-state index in [0.29, 0.717) is 62.0 Å². The van der Waals surface area contributed by atoms with Crippen LogP contribution in [0.5, 0.6) is 11.6 Å². The lowest BCUT2D eigenvalue weighted by atomic mass is 9.82. The molecule has 4 amide bonds. The van der Waals surface area contributed by atoms with Crippen LogP contribution < -0.4 is 19.5 Å². The van der Waals surface area contributed by atoms with Crippen molar-refractivity contribution in [3.8, 4) is 11.6 Å².